The summed E-state index contributed by atoms with van der Waals surface area (Å²) < 4.78 is 5.23. The van der Waals surface area contributed by atoms with Gasteiger partial charge in [0.1, 0.15) is 12.4 Å². The number of esters is 1. The summed E-state index contributed by atoms with van der Waals surface area (Å²) >= 11 is 0. The number of phenols is 1. The molecule has 0 amide bonds. The molecule has 23 heavy (non-hydrogen) atoms. The van der Waals surface area contributed by atoms with Crippen LogP contribution in [0.15, 0.2) is 66.7 Å². The van der Waals surface area contributed by atoms with Crippen LogP contribution in [0.5, 0.6) is 5.75 Å². The van der Waals surface area contributed by atoms with Crippen LogP contribution < -0.4 is 0 Å². The Balaban J connectivity index is 1.56. The molecule has 0 fully saturated rings. The molecule has 3 heteroatoms. The zero-order valence-electron chi connectivity index (χ0n) is 13.2. The van der Waals surface area contributed by atoms with E-state index in [1.807, 2.05) is 42.5 Å². The molecule has 0 aromatic heterocycles. The first-order valence-corrected chi connectivity index (χ1v) is 7.86. The van der Waals surface area contributed by atoms with Gasteiger partial charge in [0.2, 0.25) is 0 Å². The summed E-state index contributed by atoms with van der Waals surface area (Å²) in [6.45, 7) is 0.344. The normalized spacial score (nSPS) is 10.8. The number of carbonyl (C=O) groups excluding carboxylic acids is 1. The smallest absolute Gasteiger partial charge is 0.306 e. The molecular formula is C20H22O3. The van der Waals surface area contributed by atoms with Gasteiger partial charge < -0.3 is 9.84 Å². The minimum atomic E-state index is -0.152. The standard InChI is InChI=1S/C20H22O3/c21-19-14-12-17(13-15-19)8-4-1-2-7-11-20(22)23-16-18-9-5-3-6-10-18/h1,3-6,9-10,12-15,21H,2,7-8,11,16H2/b4-1-. The van der Waals surface area contributed by atoms with E-state index in [2.05, 4.69) is 12.2 Å². The highest BCUT2D eigenvalue weighted by Gasteiger charge is 2.02. The van der Waals surface area contributed by atoms with Gasteiger partial charge in [0.15, 0.2) is 0 Å². The van der Waals surface area contributed by atoms with Crippen molar-refractivity contribution in [3.05, 3.63) is 77.9 Å². The fourth-order valence-corrected chi connectivity index (χ4v) is 2.14. The average molecular weight is 310 g/mol. The SMILES string of the molecule is O=C(CCC/C=C\Cc1ccc(O)cc1)OCc1ccccc1. The highest BCUT2D eigenvalue weighted by molar-refractivity contribution is 5.69. The Morgan fingerprint density at radius 2 is 1.70 bits per heavy atom. The highest BCUT2D eigenvalue weighted by atomic mass is 16.5. The van der Waals surface area contributed by atoms with Gasteiger partial charge in [0, 0.05) is 6.42 Å². The molecule has 3 nitrogen and oxygen atoms in total. The van der Waals surface area contributed by atoms with Crippen molar-refractivity contribution < 1.29 is 14.6 Å². The summed E-state index contributed by atoms with van der Waals surface area (Å²) in [5.41, 5.74) is 2.16. The summed E-state index contributed by atoms with van der Waals surface area (Å²) in [6.07, 6.45) is 7.09. The molecule has 120 valence electrons. The Labute approximate surface area is 137 Å². The van der Waals surface area contributed by atoms with Crippen molar-refractivity contribution in [2.45, 2.75) is 32.3 Å². The lowest BCUT2D eigenvalue weighted by atomic mass is 10.1. The number of benzene rings is 2. The first kappa shape index (κ1) is 16.8. The van der Waals surface area contributed by atoms with Gasteiger partial charge >= 0.3 is 5.97 Å². The van der Waals surface area contributed by atoms with E-state index in [9.17, 15) is 9.90 Å². The van der Waals surface area contributed by atoms with Gasteiger partial charge in [0.05, 0.1) is 0 Å². The van der Waals surface area contributed by atoms with E-state index in [0.29, 0.717) is 13.0 Å². The van der Waals surface area contributed by atoms with Crippen molar-refractivity contribution in [2.75, 3.05) is 0 Å². The molecule has 0 aliphatic heterocycles. The first-order chi connectivity index (χ1) is 11.2. The van der Waals surface area contributed by atoms with Crippen LogP contribution in [-0.4, -0.2) is 11.1 Å². The maximum Gasteiger partial charge on any atom is 0.306 e. The summed E-state index contributed by atoms with van der Waals surface area (Å²) in [5, 5.41) is 9.20. The fraction of sp³-hybridized carbons (Fsp3) is 0.250. The number of ether oxygens (including phenoxy) is 1. The number of carbonyl (C=O) groups is 1. The molecule has 1 N–H and O–H groups in total. The molecule has 2 rings (SSSR count). The maximum atomic E-state index is 11.6. The molecular weight excluding hydrogens is 288 g/mol. The number of hydrogen-bond donors (Lipinski definition) is 1. The summed E-state index contributed by atoms with van der Waals surface area (Å²) in [7, 11) is 0. The van der Waals surface area contributed by atoms with E-state index in [-0.39, 0.29) is 11.7 Å². The number of hydrogen-bond acceptors (Lipinski definition) is 3. The molecule has 0 radical (unpaired) electrons. The van der Waals surface area contributed by atoms with Crippen molar-refractivity contribution in [1.29, 1.82) is 0 Å². The average Bonchev–Trinajstić information content (AvgIpc) is 2.58. The van der Waals surface area contributed by atoms with Crippen LogP contribution in [0, 0.1) is 0 Å². The topological polar surface area (TPSA) is 46.5 Å². The molecule has 0 bridgehead atoms. The zero-order valence-corrected chi connectivity index (χ0v) is 13.2. The second-order valence-corrected chi connectivity index (χ2v) is 5.38. The molecule has 0 spiro atoms. The highest BCUT2D eigenvalue weighted by Crippen LogP contribution is 2.10. The van der Waals surface area contributed by atoms with Crippen molar-refractivity contribution in [3.8, 4) is 5.75 Å². The lowest BCUT2D eigenvalue weighted by Crippen LogP contribution is -2.03. The fourth-order valence-electron chi connectivity index (χ4n) is 2.14. The Morgan fingerprint density at radius 3 is 2.43 bits per heavy atom. The van der Waals surface area contributed by atoms with E-state index in [1.165, 1.54) is 0 Å². The minimum absolute atomic E-state index is 0.152. The van der Waals surface area contributed by atoms with Crippen LogP contribution in [0.2, 0.25) is 0 Å². The number of phenolic OH excluding ortho intramolecular Hbond substituents is 1. The Bertz CT molecular complexity index is 615. The molecule has 0 aliphatic carbocycles. The Morgan fingerprint density at radius 1 is 0.957 bits per heavy atom. The Kier molecular flexibility index (Phi) is 6.92. The van der Waals surface area contributed by atoms with Crippen LogP contribution >= 0.6 is 0 Å². The molecule has 0 atom stereocenters. The monoisotopic (exact) mass is 310 g/mol. The second kappa shape index (κ2) is 9.46. The third-order valence-corrected chi connectivity index (χ3v) is 3.45. The van der Waals surface area contributed by atoms with Gasteiger partial charge in [-0.2, -0.15) is 0 Å². The van der Waals surface area contributed by atoms with E-state index < -0.39 is 0 Å². The minimum Gasteiger partial charge on any atom is -0.508 e. The third-order valence-electron chi connectivity index (χ3n) is 3.45. The van der Waals surface area contributed by atoms with Gasteiger partial charge in [-0.15, -0.1) is 0 Å². The van der Waals surface area contributed by atoms with Crippen LogP contribution in [0.25, 0.3) is 0 Å². The van der Waals surface area contributed by atoms with Crippen LogP contribution in [0.4, 0.5) is 0 Å². The number of aromatic hydroxyl groups is 1. The molecule has 0 saturated carbocycles. The van der Waals surface area contributed by atoms with Gasteiger partial charge in [-0.25, -0.2) is 0 Å². The number of rotatable bonds is 8. The number of unbranched alkanes of at least 4 members (excludes halogenated alkanes) is 1. The van der Waals surface area contributed by atoms with Gasteiger partial charge in [-0.3, -0.25) is 4.79 Å². The lowest BCUT2D eigenvalue weighted by Gasteiger charge is -2.04. The van der Waals surface area contributed by atoms with E-state index in [1.54, 1.807) is 12.1 Å². The van der Waals surface area contributed by atoms with E-state index in [0.717, 1.165) is 30.4 Å². The van der Waals surface area contributed by atoms with Crippen molar-refractivity contribution in [2.24, 2.45) is 0 Å². The molecule has 2 aromatic rings. The van der Waals surface area contributed by atoms with Gasteiger partial charge in [0.25, 0.3) is 0 Å². The molecule has 0 aliphatic rings. The molecule has 2 aromatic carbocycles. The maximum absolute atomic E-state index is 11.6. The van der Waals surface area contributed by atoms with Crippen molar-refractivity contribution in [3.63, 3.8) is 0 Å². The zero-order chi connectivity index (χ0) is 16.3. The second-order valence-electron chi connectivity index (χ2n) is 5.38. The molecule has 0 heterocycles. The predicted octanol–water partition coefficient (Wildman–Crippen LogP) is 4.40. The third kappa shape index (κ3) is 6.83. The molecule has 0 unspecified atom stereocenters. The van der Waals surface area contributed by atoms with Crippen LogP contribution in [0.3, 0.4) is 0 Å². The van der Waals surface area contributed by atoms with Crippen molar-refractivity contribution in [1.82, 2.24) is 0 Å². The quantitative estimate of drug-likeness (QED) is 0.446. The van der Waals surface area contributed by atoms with E-state index in [4.69, 9.17) is 4.74 Å². The Hall–Kier alpha value is -2.55. The predicted molar refractivity (Wildman–Crippen MR) is 91.0 cm³/mol. The summed E-state index contributed by atoms with van der Waals surface area (Å²) in [4.78, 5) is 11.6. The summed E-state index contributed by atoms with van der Waals surface area (Å²) in [6, 6.07) is 16.9. The van der Waals surface area contributed by atoms with Crippen LogP contribution in [0.1, 0.15) is 30.4 Å². The van der Waals surface area contributed by atoms with E-state index >= 15 is 0 Å². The number of allylic oxidation sites excluding steroid dienone is 2. The van der Waals surface area contributed by atoms with Crippen molar-refractivity contribution >= 4 is 5.97 Å². The molecule has 0 saturated heterocycles. The summed E-state index contributed by atoms with van der Waals surface area (Å²) in [5.74, 6) is 0.132. The lowest BCUT2D eigenvalue weighted by molar-refractivity contribution is -0.145. The van der Waals surface area contributed by atoms with Gasteiger partial charge in [-0.05, 0) is 42.5 Å². The van der Waals surface area contributed by atoms with Crippen LogP contribution in [-0.2, 0) is 22.6 Å². The van der Waals surface area contributed by atoms with Gasteiger partial charge in [-0.1, -0.05) is 54.6 Å². The largest absolute Gasteiger partial charge is 0.508 e. The first-order valence-electron chi connectivity index (χ1n) is 7.86.